The van der Waals surface area contributed by atoms with Crippen LogP contribution in [0, 0.1) is 11.3 Å². The quantitative estimate of drug-likeness (QED) is 0.381. The van der Waals surface area contributed by atoms with Crippen molar-refractivity contribution in [2.75, 3.05) is 12.8 Å². The van der Waals surface area contributed by atoms with E-state index in [4.69, 9.17) is 21.2 Å². The number of nitrogens with two attached hydrogens (primary N) is 2. The van der Waals surface area contributed by atoms with E-state index >= 15 is 0 Å². The van der Waals surface area contributed by atoms with Gasteiger partial charge >= 0.3 is 0 Å². The summed E-state index contributed by atoms with van der Waals surface area (Å²) in [5, 5.41) is 22.4. The Balaban J connectivity index is 1.79. The topological polar surface area (TPSA) is 157 Å². The molecule has 0 spiro atoms. The van der Waals surface area contributed by atoms with Crippen molar-refractivity contribution in [3.8, 4) is 17.3 Å². The predicted molar refractivity (Wildman–Crippen MR) is 116 cm³/mol. The molecule has 1 saturated carbocycles. The van der Waals surface area contributed by atoms with E-state index in [2.05, 4.69) is 33.4 Å². The molecular weight excluding hydrogens is 396 g/mol. The molecule has 31 heavy (non-hydrogen) atoms. The Labute approximate surface area is 179 Å². The lowest BCUT2D eigenvalue weighted by atomic mass is 9.72. The van der Waals surface area contributed by atoms with E-state index in [0.717, 1.165) is 5.52 Å². The molecule has 3 heterocycles. The Kier molecular flexibility index (Phi) is 5.08. The molecule has 11 heteroatoms. The molecule has 3 aromatic rings. The van der Waals surface area contributed by atoms with Gasteiger partial charge in [0.25, 0.3) is 0 Å². The molecule has 0 unspecified atom stereocenters. The van der Waals surface area contributed by atoms with E-state index in [1.54, 1.807) is 35.6 Å². The van der Waals surface area contributed by atoms with Crippen LogP contribution in [0.1, 0.15) is 31.9 Å². The number of hydrogen-bond acceptors (Lipinski definition) is 9. The van der Waals surface area contributed by atoms with Crippen molar-refractivity contribution >= 4 is 17.0 Å². The highest BCUT2D eigenvalue weighted by molar-refractivity contribution is 5.98. The lowest BCUT2D eigenvalue weighted by Crippen LogP contribution is -2.50. The Morgan fingerprint density at radius 2 is 2.26 bits per heavy atom. The van der Waals surface area contributed by atoms with Crippen LogP contribution in [0.25, 0.3) is 16.8 Å². The summed E-state index contributed by atoms with van der Waals surface area (Å²) in [7, 11) is 1.67. The van der Waals surface area contributed by atoms with E-state index in [0.29, 0.717) is 47.7 Å². The highest BCUT2D eigenvalue weighted by Crippen LogP contribution is 2.44. The number of hydrazone groups is 1. The first-order valence-corrected chi connectivity index (χ1v) is 9.72. The number of nitrogens with zero attached hydrogens (tertiary/aromatic N) is 7. The zero-order valence-electron chi connectivity index (χ0n) is 17.4. The summed E-state index contributed by atoms with van der Waals surface area (Å²) in [6, 6.07) is 4.12. The van der Waals surface area contributed by atoms with Gasteiger partial charge < -0.3 is 16.2 Å². The van der Waals surface area contributed by atoms with Gasteiger partial charge in [0, 0.05) is 13.3 Å². The molecule has 11 nitrogen and oxygen atoms in total. The molecule has 3 aromatic heterocycles. The third-order valence-electron chi connectivity index (χ3n) is 5.57. The van der Waals surface area contributed by atoms with Gasteiger partial charge in [-0.05, 0) is 25.8 Å². The molecule has 4 rings (SSSR count). The van der Waals surface area contributed by atoms with Crippen molar-refractivity contribution in [2.45, 2.75) is 37.8 Å². The smallest absolute Gasteiger partial charge is 0.155 e. The zero-order chi connectivity index (χ0) is 22.2. The maximum atomic E-state index is 9.36. The molecule has 0 aromatic carbocycles. The highest BCUT2D eigenvalue weighted by Gasteiger charge is 2.47. The summed E-state index contributed by atoms with van der Waals surface area (Å²) in [6.45, 7) is 5.36. The van der Waals surface area contributed by atoms with Crippen molar-refractivity contribution in [3.05, 3.63) is 42.8 Å². The Morgan fingerprint density at radius 3 is 2.94 bits per heavy atom. The first-order valence-electron chi connectivity index (χ1n) is 9.72. The summed E-state index contributed by atoms with van der Waals surface area (Å²) in [4.78, 5) is 4.77. The van der Waals surface area contributed by atoms with E-state index in [9.17, 15) is 5.26 Å². The molecule has 0 radical (unpaired) electrons. The molecule has 0 aliphatic heterocycles. The SMILES string of the molecule is C=C(N)N/N=C(\C)c1cn2nccc2c(-c2cn([C@]3(CC#N)C[C@@H](OC)C3)nc2N)n1. The largest absolute Gasteiger partial charge is 0.385 e. The van der Waals surface area contributed by atoms with Crippen LogP contribution >= 0.6 is 0 Å². The van der Waals surface area contributed by atoms with E-state index < -0.39 is 5.54 Å². The van der Waals surface area contributed by atoms with E-state index in [1.807, 2.05) is 12.3 Å². The Hall–Kier alpha value is -3.91. The van der Waals surface area contributed by atoms with Gasteiger partial charge in [0.2, 0.25) is 0 Å². The lowest BCUT2D eigenvalue weighted by molar-refractivity contribution is -0.0540. The van der Waals surface area contributed by atoms with Gasteiger partial charge in [-0.1, -0.05) is 6.58 Å². The van der Waals surface area contributed by atoms with Crippen molar-refractivity contribution in [1.82, 2.24) is 29.8 Å². The van der Waals surface area contributed by atoms with Crippen LogP contribution in [0.4, 0.5) is 5.82 Å². The van der Waals surface area contributed by atoms with Gasteiger partial charge in [-0.3, -0.25) is 10.1 Å². The fourth-order valence-corrected chi connectivity index (χ4v) is 3.84. The third-order valence-corrected chi connectivity index (χ3v) is 5.57. The summed E-state index contributed by atoms with van der Waals surface area (Å²) in [5.41, 5.74) is 17.3. The number of anilines is 1. The minimum Gasteiger partial charge on any atom is -0.385 e. The minimum atomic E-state index is -0.432. The predicted octanol–water partition coefficient (Wildman–Crippen LogP) is 1.34. The number of hydrogen-bond donors (Lipinski definition) is 3. The van der Waals surface area contributed by atoms with Gasteiger partial charge in [0.15, 0.2) is 5.82 Å². The molecule has 0 saturated heterocycles. The summed E-state index contributed by atoms with van der Waals surface area (Å²) < 4.78 is 8.92. The first-order chi connectivity index (χ1) is 14.9. The summed E-state index contributed by atoms with van der Waals surface area (Å²) >= 11 is 0. The maximum Gasteiger partial charge on any atom is 0.155 e. The number of nitrogens with one attached hydrogen (secondary N) is 1. The molecule has 1 aliphatic carbocycles. The lowest BCUT2D eigenvalue weighted by Gasteiger charge is -2.45. The second-order valence-electron chi connectivity index (χ2n) is 7.67. The van der Waals surface area contributed by atoms with Gasteiger partial charge in [-0.25, -0.2) is 9.50 Å². The highest BCUT2D eigenvalue weighted by atomic mass is 16.5. The standard InChI is InChI=1S/C20H24N10O/c1-12(26-27-13(2)22)16-11-29-17(4-7-24-29)18(25-16)15-10-30(28-19(15)23)20(5-6-21)8-14(9-20)31-3/h4,7,10-11,14,27H,2,5,8-9,22H2,1,3H3,(H2,23,28)/b26-12+/t14-,20-. The first kappa shape index (κ1) is 20.4. The zero-order valence-corrected chi connectivity index (χ0v) is 17.4. The molecule has 0 bridgehead atoms. The van der Waals surface area contributed by atoms with Gasteiger partial charge in [-0.15, -0.1) is 0 Å². The fourth-order valence-electron chi connectivity index (χ4n) is 3.84. The van der Waals surface area contributed by atoms with Crippen LogP contribution in [0.3, 0.4) is 0 Å². The van der Waals surface area contributed by atoms with Crippen LogP contribution < -0.4 is 16.9 Å². The average molecular weight is 420 g/mol. The number of rotatable bonds is 7. The molecular formula is C20H24N10O. The summed E-state index contributed by atoms with van der Waals surface area (Å²) in [6.07, 6.45) is 7.14. The molecule has 0 amide bonds. The van der Waals surface area contributed by atoms with Crippen LogP contribution in [-0.4, -0.2) is 43.3 Å². The fraction of sp³-hybridized carbons (Fsp3) is 0.350. The van der Waals surface area contributed by atoms with Crippen molar-refractivity contribution < 1.29 is 4.74 Å². The monoisotopic (exact) mass is 420 g/mol. The summed E-state index contributed by atoms with van der Waals surface area (Å²) in [5.74, 6) is 0.553. The molecule has 0 atom stereocenters. The van der Waals surface area contributed by atoms with Gasteiger partial charge in [0.1, 0.15) is 17.2 Å². The number of nitrogen functional groups attached to an aromatic ring is 1. The molecule has 1 aliphatic rings. The normalized spacial score (nSPS) is 20.9. The van der Waals surface area contributed by atoms with Crippen LogP contribution in [0.15, 0.2) is 42.2 Å². The minimum absolute atomic E-state index is 0.105. The number of methoxy groups -OCH3 is 1. The molecule has 1 fully saturated rings. The van der Waals surface area contributed by atoms with E-state index in [-0.39, 0.29) is 11.9 Å². The van der Waals surface area contributed by atoms with Crippen molar-refractivity contribution in [1.29, 1.82) is 5.26 Å². The van der Waals surface area contributed by atoms with Crippen molar-refractivity contribution in [2.24, 2.45) is 10.8 Å². The number of aromatic nitrogens is 5. The second kappa shape index (κ2) is 7.73. The number of ether oxygens (including phenoxy) is 1. The van der Waals surface area contributed by atoms with Crippen LogP contribution in [-0.2, 0) is 10.3 Å². The average Bonchev–Trinajstić information content (AvgIpc) is 3.34. The Bertz CT molecular complexity index is 1210. The van der Waals surface area contributed by atoms with Gasteiger partial charge in [0.05, 0.1) is 53.3 Å². The number of nitriles is 1. The van der Waals surface area contributed by atoms with Gasteiger partial charge in [-0.2, -0.15) is 20.6 Å². The molecule has 160 valence electrons. The van der Waals surface area contributed by atoms with Crippen molar-refractivity contribution in [3.63, 3.8) is 0 Å². The second-order valence-corrected chi connectivity index (χ2v) is 7.67. The Morgan fingerprint density at radius 1 is 1.48 bits per heavy atom. The third kappa shape index (κ3) is 3.57. The van der Waals surface area contributed by atoms with Crippen LogP contribution in [0.5, 0.6) is 0 Å². The van der Waals surface area contributed by atoms with Crippen LogP contribution in [0.2, 0.25) is 0 Å². The number of fused-ring (bicyclic) bond motifs is 1. The maximum absolute atomic E-state index is 9.36. The molecule has 5 N–H and O–H groups in total. The van der Waals surface area contributed by atoms with E-state index in [1.165, 1.54) is 0 Å².